The van der Waals surface area contributed by atoms with Crippen molar-refractivity contribution in [1.82, 2.24) is 5.32 Å². The molecule has 0 saturated carbocycles. The Kier molecular flexibility index (Phi) is 4.84. The Labute approximate surface area is 125 Å². The summed E-state index contributed by atoms with van der Waals surface area (Å²) in [5.41, 5.74) is 0.583. The molecule has 1 saturated heterocycles. The second-order valence-corrected chi connectivity index (χ2v) is 6.63. The fraction of sp³-hybridized carbons (Fsp3) is 0.625. The first-order valence-corrected chi connectivity index (χ1v) is 7.35. The first kappa shape index (κ1) is 16.2. The molecule has 1 N–H and O–H groups in total. The van der Waals surface area contributed by atoms with Crippen LogP contribution in [-0.4, -0.2) is 31.3 Å². The topological polar surface area (TPSA) is 24.5 Å². The quantitative estimate of drug-likeness (QED) is 0.928. The van der Waals surface area contributed by atoms with E-state index in [0.717, 1.165) is 0 Å². The van der Waals surface area contributed by atoms with Crippen molar-refractivity contribution in [2.45, 2.75) is 45.8 Å². The summed E-state index contributed by atoms with van der Waals surface area (Å²) in [5, 5.41) is 3.23. The number of anilines is 1. The molecule has 2 rings (SSSR count). The minimum atomic E-state index is -0.505. The van der Waals surface area contributed by atoms with Crippen LogP contribution in [0.2, 0.25) is 0 Å². The van der Waals surface area contributed by atoms with E-state index < -0.39 is 11.6 Å². The summed E-state index contributed by atoms with van der Waals surface area (Å²) in [5.74, 6) is -1.01. The fourth-order valence-corrected chi connectivity index (χ4v) is 2.42. The highest BCUT2D eigenvalue weighted by Gasteiger charge is 2.25. The van der Waals surface area contributed by atoms with Gasteiger partial charge in [-0.3, -0.25) is 0 Å². The SMILES string of the molecule is CC1COCCN1c1c(F)cc(CNC(C)(C)C)cc1F. The van der Waals surface area contributed by atoms with Gasteiger partial charge in [-0.25, -0.2) is 8.78 Å². The smallest absolute Gasteiger partial charge is 0.149 e. The van der Waals surface area contributed by atoms with Crippen LogP contribution in [-0.2, 0) is 11.3 Å². The van der Waals surface area contributed by atoms with Gasteiger partial charge in [-0.05, 0) is 45.4 Å². The Morgan fingerprint density at radius 2 is 1.90 bits per heavy atom. The van der Waals surface area contributed by atoms with Crippen LogP contribution >= 0.6 is 0 Å². The Balaban J connectivity index is 2.21. The van der Waals surface area contributed by atoms with Gasteiger partial charge in [0.15, 0.2) is 0 Å². The Hall–Kier alpha value is -1.20. The maximum atomic E-state index is 14.3. The molecule has 1 aromatic carbocycles. The third kappa shape index (κ3) is 4.14. The van der Waals surface area contributed by atoms with Crippen molar-refractivity contribution in [3.05, 3.63) is 29.3 Å². The zero-order valence-corrected chi connectivity index (χ0v) is 13.2. The molecule has 0 amide bonds. The van der Waals surface area contributed by atoms with E-state index >= 15 is 0 Å². The third-order valence-corrected chi connectivity index (χ3v) is 3.55. The highest BCUT2D eigenvalue weighted by atomic mass is 19.1. The molecule has 0 aliphatic carbocycles. The van der Waals surface area contributed by atoms with Gasteiger partial charge in [0.1, 0.15) is 17.3 Å². The van der Waals surface area contributed by atoms with Crippen LogP contribution in [0.3, 0.4) is 0 Å². The number of nitrogens with one attached hydrogen (secondary N) is 1. The molecule has 1 aromatic rings. The molecule has 1 unspecified atom stereocenters. The largest absolute Gasteiger partial charge is 0.377 e. The lowest BCUT2D eigenvalue weighted by molar-refractivity contribution is 0.0982. The predicted octanol–water partition coefficient (Wildman–Crippen LogP) is 3.08. The zero-order valence-electron chi connectivity index (χ0n) is 13.2. The molecular weight excluding hydrogens is 274 g/mol. The van der Waals surface area contributed by atoms with Crippen LogP contribution in [0.25, 0.3) is 0 Å². The summed E-state index contributed by atoms with van der Waals surface area (Å²) < 4.78 is 34.0. The molecule has 1 fully saturated rings. The van der Waals surface area contributed by atoms with Gasteiger partial charge in [0.25, 0.3) is 0 Å². The molecule has 1 aliphatic rings. The Bertz CT molecular complexity index is 477. The van der Waals surface area contributed by atoms with Crippen LogP contribution in [0.15, 0.2) is 12.1 Å². The first-order valence-electron chi connectivity index (χ1n) is 7.35. The van der Waals surface area contributed by atoms with Gasteiger partial charge in [0.05, 0.1) is 13.2 Å². The van der Waals surface area contributed by atoms with Crippen molar-refractivity contribution in [2.24, 2.45) is 0 Å². The number of benzene rings is 1. The van der Waals surface area contributed by atoms with Crippen molar-refractivity contribution >= 4 is 5.69 Å². The van der Waals surface area contributed by atoms with Gasteiger partial charge in [-0.2, -0.15) is 0 Å². The summed E-state index contributed by atoms with van der Waals surface area (Å²) in [6.45, 7) is 9.90. The number of hydrogen-bond acceptors (Lipinski definition) is 3. The lowest BCUT2D eigenvalue weighted by Crippen LogP contribution is -2.44. The molecule has 21 heavy (non-hydrogen) atoms. The molecule has 5 heteroatoms. The van der Waals surface area contributed by atoms with Gasteiger partial charge in [0.2, 0.25) is 0 Å². The van der Waals surface area contributed by atoms with E-state index in [2.05, 4.69) is 5.32 Å². The zero-order chi connectivity index (χ0) is 15.6. The predicted molar refractivity (Wildman–Crippen MR) is 80.6 cm³/mol. The number of morpholine rings is 1. The summed E-state index contributed by atoms with van der Waals surface area (Å²) in [6.07, 6.45) is 0. The Morgan fingerprint density at radius 3 is 2.43 bits per heavy atom. The molecule has 1 atom stereocenters. The van der Waals surface area contributed by atoms with E-state index in [-0.39, 0.29) is 17.3 Å². The summed E-state index contributed by atoms with van der Waals surface area (Å²) in [6, 6.07) is 2.81. The van der Waals surface area contributed by atoms with Crippen molar-refractivity contribution < 1.29 is 13.5 Å². The lowest BCUT2D eigenvalue weighted by atomic mass is 10.1. The van der Waals surface area contributed by atoms with Crippen molar-refractivity contribution in [1.29, 1.82) is 0 Å². The monoisotopic (exact) mass is 298 g/mol. The number of nitrogens with zero attached hydrogens (tertiary/aromatic N) is 1. The molecule has 0 radical (unpaired) electrons. The molecule has 0 bridgehead atoms. The number of halogens is 2. The van der Waals surface area contributed by atoms with E-state index in [9.17, 15) is 8.78 Å². The fourth-order valence-electron chi connectivity index (χ4n) is 2.42. The molecule has 118 valence electrons. The maximum Gasteiger partial charge on any atom is 0.149 e. The van der Waals surface area contributed by atoms with Gasteiger partial charge in [0, 0.05) is 24.7 Å². The molecular formula is C16H24F2N2O. The second kappa shape index (κ2) is 6.28. The summed E-state index contributed by atoms with van der Waals surface area (Å²) in [4.78, 5) is 1.75. The van der Waals surface area contributed by atoms with Crippen LogP contribution in [0.4, 0.5) is 14.5 Å². The minimum Gasteiger partial charge on any atom is -0.377 e. The summed E-state index contributed by atoms with van der Waals surface area (Å²) in [7, 11) is 0. The van der Waals surface area contributed by atoms with Gasteiger partial charge in [-0.15, -0.1) is 0 Å². The number of ether oxygens (including phenoxy) is 1. The van der Waals surface area contributed by atoms with E-state index in [1.807, 2.05) is 27.7 Å². The normalized spacial score (nSPS) is 19.9. The Morgan fingerprint density at radius 1 is 1.29 bits per heavy atom. The van der Waals surface area contributed by atoms with Crippen LogP contribution in [0, 0.1) is 11.6 Å². The third-order valence-electron chi connectivity index (χ3n) is 3.55. The van der Waals surface area contributed by atoms with E-state index in [4.69, 9.17) is 4.74 Å². The molecule has 0 spiro atoms. The average molecular weight is 298 g/mol. The van der Waals surface area contributed by atoms with Crippen LogP contribution < -0.4 is 10.2 Å². The average Bonchev–Trinajstić information content (AvgIpc) is 2.37. The molecule has 1 heterocycles. The van der Waals surface area contributed by atoms with Crippen LogP contribution in [0.1, 0.15) is 33.3 Å². The van der Waals surface area contributed by atoms with E-state index in [0.29, 0.717) is 31.9 Å². The van der Waals surface area contributed by atoms with Crippen molar-refractivity contribution in [2.75, 3.05) is 24.7 Å². The van der Waals surface area contributed by atoms with Crippen LogP contribution in [0.5, 0.6) is 0 Å². The van der Waals surface area contributed by atoms with Gasteiger partial charge in [-0.1, -0.05) is 0 Å². The molecule has 0 aromatic heterocycles. The van der Waals surface area contributed by atoms with E-state index in [1.54, 1.807) is 4.90 Å². The van der Waals surface area contributed by atoms with Gasteiger partial charge < -0.3 is 15.0 Å². The van der Waals surface area contributed by atoms with E-state index in [1.165, 1.54) is 12.1 Å². The highest BCUT2D eigenvalue weighted by molar-refractivity contribution is 5.52. The number of hydrogen-bond donors (Lipinski definition) is 1. The maximum absolute atomic E-state index is 14.3. The van der Waals surface area contributed by atoms with Crippen molar-refractivity contribution in [3.8, 4) is 0 Å². The lowest BCUT2D eigenvalue weighted by Gasteiger charge is -2.35. The van der Waals surface area contributed by atoms with Crippen molar-refractivity contribution in [3.63, 3.8) is 0 Å². The summed E-state index contributed by atoms with van der Waals surface area (Å²) >= 11 is 0. The standard InChI is InChI=1S/C16H24F2N2O/c1-11-10-21-6-5-20(11)15-13(17)7-12(8-14(15)18)9-19-16(2,3)4/h7-8,11,19H,5-6,9-10H2,1-4H3. The minimum absolute atomic E-state index is 0.0266. The molecule has 1 aliphatic heterocycles. The second-order valence-electron chi connectivity index (χ2n) is 6.63. The first-order chi connectivity index (χ1) is 9.78. The highest BCUT2D eigenvalue weighted by Crippen LogP contribution is 2.28. The molecule has 3 nitrogen and oxygen atoms in total. The number of rotatable bonds is 3. The van der Waals surface area contributed by atoms with Gasteiger partial charge >= 0.3 is 0 Å².